The minimum absolute atomic E-state index is 0.200. The van der Waals surface area contributed by atoms with Crippen molar-refractivity contribution in [1.82, 2.24) is 10.6 Å². The molecule has 1 heterocycles. The topological polar surface area (TPSA) is 114 Å². The van der Waals surface area contributed by atoms with E-state index in [9.17, 15) is 19.2 Å². The average molecular weight is 393 g/mol. The van der Waals surface area contributed by atoms with Crippen LogP contribution in [0.5, 0.6) is 5.75 Å². The Balaban J connectivity index is 1.64. The summed E-state index contributed by atoms with van der Waals surface area (Å²) in [6.45, 7) is 3.75. The first-order valence-corrected chi connectivity index (χ1v) is 8.80. The fourth-order valence-corrected chi connectivity index (χ4v) is 2.63. The van der Waals surface area contributed by atoms with Gasteiger partial charge < -0.3 is 10.1 Å². The Morgan fingerprint density at radius 3 is 2.41 bits per heavy atom. The maximum atomic E-state index is 12.1. The van der Waals surface area contributed by atoms with Gasteiger partial charge in [0.2, 0.25) is 0 Å². The van der Waals surface area contributed by atoms with E-state index in [0.29, 0.717) is 17.0 Å². The molecule has 0 saturated carbocycles. The van der Waals surface area contributed by atoms with Gasteiger partial charge in [0.25, 0.3) is 17.7 Å². The first-order valence-electron chi connectivity index (χ1n) is 8.80. The van der Waals surface area contributed by atoms with E-state index in [-0.39, 0.29) is 18.1 Å². The lowest BCUT2D eigenvalue weighted by Gasteiger charge is -2.14. The van der Waals surface area contributed by atoms with Crippen LogP contribution in [0.4, 0.5) is 10.5 Å². The molecule has 1 aliphatic rings. The second-order valence-corrected chi connectivity index (χ2v) is 6.50. The van der Waals surface area contributed by atoms with E-state index < -0.39 is 17.8 Å². The molecule has 3 rings (SSSR count). The van der Waals surface area contributed by atoms with Crippen molar-refractivity contribution >= 4 is 35.5 Å². The van der Waals surface area contributed by atoms with Crippen molar-refractivity contribution in [3.63, 3.8) is 0 Å². The van der Waals surface area contributed by atoms with Crippen molar-refractivity contribution < 1.29 is 23.9 Å². The highest BCUT2D eigenvalue weighted by atomic mass is 16.5. The summed E-state index contributed by atoms with van der Waals surface area (Å²) < 4.78 is 5.50. The number of ether oxygens (including phenoxy) is 1. The van der Waals surface area contributed by atoms with Gasteiger partial charge in [-0.15, -0.1) is 0 Å². The summed E-state index contributed by atoms with van der Waals surface area (Å²) in [6, 6.07) is 11.3. The SMILES string of the molecule is Cc1ccc(NC(=O)COc2cccc(C=C3C(=O)NC(=O)NC3=O)c2)cc1C. The lowest BCUT2D eigenvalue weighted by molar-refractivity contribution is -0.124. The van der Waals surface area contributed by atoms with Crippen LogP contribution >= 0.6 is 0 Å². The van der Waals surface area contributed by atoms with E-state index in [1.54, 1.807) is 24.3 Å². The Labute approximate surface area is 166 Å². The summed E-state index contributed by atoms with van der Waals surface area (Å²) >= 11 is 0. The molecule has 8 nitrogen and oxygen atoms in total. The number of hydrogen-bond acceptors (Lipinski definition) is 5. The number of barbiturate groups is 1. The number of anilines is 1. The van der Waals surface area contributed by atoms with Gasteiger partial charge in [-0.1, -0.05) is 18.2 Å². The lowest BCUT2D eigenvalue weighted by atomic mass is 10.1. The van der Waals surface area contributed by atoms with Crippen LogP contribution in [-0.4, -0.2) is 30.4 Å². The largest absolute Gasteiger partial charge is 0.484 e. The molecule has 0 aliphatic carbocycles. The molecule has 0 aromatic heterocycles. The van der Waals surface area contributed by atoms with Crippen molar-refractivity contribution in [3.05, 3.63) is 64.7 Å². The summed E-state index contributed by atoms with van der Waals surface area (Å²) in [7, 11) is 0. The van der Waals surface area contributed by atoms with Gasteiger partial charge in [0.1, 0.15) is 11.3 Å². The number of amides is 5. The van der Waals surface area contributed by atoms with Crippen LogP contribution in [0.2, 0.25) is 0 Å². The number of hydrogen-bond donors (Lipinski definition) is 3. The third kappa shape index (κ3) is 5.07. The molecule has 1 aliphatic heterocycles. The second kappa shape index (κ2) is 8.39. The van der Waals surface area contributed by atoms with Gasteiger partial charge in [0.15, 0.2) is 6.61 Å². The third-order valence-electron chi connectivity index (χ3n) is 4.27. The summed E-state index contributed by atoms with van der Waals surface area (Å²) in [6.07, 6.45) is 1.33. The molecule has 0 atom stereocenters. The van der Waals surface area contributed by atoms with Crippen molar-refractivity contribution in [3.8, 4) is 5.75 Å². The van der Waals surface area contributed by atoms with Crippen LogP contribution < -0.4 is 20.7 Å². The average Bonchev–Trinajstić information content (AvgIpc) is 2.66. The zero-order valence-electron chi connectivity index (χ0n) is 15.9. The molecule has 0 radical (unpaired) electrons. The van der Waals surface area contributed by atoms with E-state index >= 15 is 0 Å². The van der Waals surface area contributed by atoms with Crippen LogP contribution in [0.25, 0.3) is 6.08 Å². The number of rotatable bonds is 5. The Hall–Kier alpha value is -3.94. The first-order chi connectivity index (χ1) is 13.8. The molecular formula is C21H19N3O5. The minimum atomic E-state index is -0.857. The van der Waals surface area contributed by atoms with Gasteiger partial charge in [-0.05, 0) is 60.9 Å². The fraction of sp³-hybridized carbons (Fsp3) is 0.143. The number of benzene rings is 2. The van der Waals surface area contributed by atoms with Crippen molar-refractivity contribution in [2.75, 3.05) is 11.9 Å². The quantitative estimate of drug-likeness (QED) is 0.532. The predicted octanol–water partition coefficient (Wildman–Crippen LogP) is 2.07. The van der Waals surface area contributed by atoms with E-state index in [1.165, 1.54) is 6.08 Å². The molecule has 1 fully saturated rings. The molecule has 0 bridgehead atoms. The van der Waals surface area contributed by atoms with Gasteiger partial charge in [-0.25, -0.2) is 4.79 Å². The molecule has 29 heavy (non-hydrogen) atoms. The minimum Gasteiger partial charge on any atom is -0.484 e. The Kier molecular flexibility index (Phi) is 5.73. The normalized spacial score (nSPS) is 13.4. The van der Waals surface area contributed by atoms with Gasteiger partial charge >= 0.3 is 6.03 Å². The highest BCUT2D eigenvalue weighted by Gasteiger charge is 2.27. The van der Waals surface area contributed by atoms with Gasteiger partial charge in [0.05, 0.1) is 0 Å². The molecule has 8 heteroatoms. The summed E-state index contributed by atoms with van der Waals surface area (Å²) in [5.41, 5.74) is 3.20. The zero-order valence-corrected chi connectivity index (χ0v) is 15.9. The maximum Gasteiger partial charge on any atom is 0.328 e. The predicted molar refractivity (Wildman–Crippen MR) is 106 cm³/mol. The molecular weight excluding hydrogens is 374 g/mol. The van der Waals surface area contributed by atoms with Gasteiger partial charge in [0, 0.05) is 5.69 Å². The molecule has 3 N–H and O–H groups in total. The standard InChI is InChI=1S/C21H19N3O5/c1-12-6-7-15(8-13(12)2)22-18(25)11-29-16-5-3-4-14(9-16)10-17-19(26)23-21(28)24-20(17)27/h3-10H,11H2,1-2H3,(H,22,25)(H2,23,24,26,27,28). The smallest absolute Gasteiger partial charge is 0.328 e. The Bertz CT molecular complexity index is 1020. The zero-order chi connectivity index (χ0) is 21.0. The van der Waals surface area contributed by atoms with E-state index in [1.807, 2.05) is 42.7 Å². The highest BCUT2D eigenvalue weighted by molar-refractivity contribution is 6.31. The maximum absolute atomic E-state index is 12.1. The number of nitrogens with one attached hydrogen (secondary N) is 3. The monoisotopic (exact) mass is 393 g/mol. The van der Waals surface area contributed by atoms with Gasteiger partial charge in [-0.2, -0.15) is 0 Å². The van der Waals surface area contributed by atoms with Crippen LogP contribution in [0.1, 0.15) is 16.7 Å². The number of carbonyl (C=O) groups is 4. The molecule has 148 valence electrons. The van der Waals surface area contributed by atoms with Crippen LogP contribution in [0, 0.1) is 13.8 Å². The fourth-order valence-electron chi connectivity index (χ4n) is 2.63. The molecule has 0 unspecified atom stereocenters. The van der Waals surface area contributed by atoms with E-state index in [4.69, 9.17) is 4.74 Å². The summed E-state index contributed by atoms with van der Waals surface area (Å²) in [5, 5.41) is 6.77. The molecule has 1 saturated heterocycles. The van der Waals surface area contributed by atoms with E-state index in [0.717, 1.165) is 11.1 Å². The number of carbonyl (C=O) groups excluding carboxylic acids is 4. The summed E-state index contributed by atoms with van der Waals surface area (Å²) in [4.78, 5) is 46.8. The van der Waals surface area contributed by atoms with Crippen LogP contribution in [-0.2, 0) is 14.4 Å². The Morgan fingerprint density at radius 2 is 1.72 bits per heavy atom. The highest BCUT2D eigenvalue weighted by Crippen LogP contribution is 2.18. The Morgan fingerprint density at radius 1 is 1.00 bits per heavy atom. The van der Waals surface area contributed by atoms with Crippen molar-refractivity contribution in [2.45, 2.75) is 13.8 Å². The van der Waals surface area contributed by atoms with Crippen molar-refractivity contribution in [1.29, 1.82) is 0 Å². The van der Waals surface area contributed by atoms with Crippen LogP contribution in [0.15, 0.2) is 48.0 Å². The molecule has 5 amide bonds. The van der Waals surface area contributed by atoms with E-state index in [2.05, 4.69) is 5.32 Å². The first kappa shape index (κ1) is 19.8. The van der Waals surface area contributed by atoms with Crippen LogP contribution in [0.3, 0.4) is 0 Å². The summed E-state index contributed by atoms with van der Waals surface area (Å²) in [5.74, 6) is -1.49. The number of urea groups is 1. The molecule has 2 aromatic carbocycles. The third-order valence-corrected chi connectivity index (χ3v) is 4.27. The van der Waals surface area contributed by atoms with Crippen molar-refractivity contribution in [2.24, 2.45) is 0 Å². The number of aryl methyl sites for hydroxylation is 2. The van der Waals surface area contributed by atoms with Gasteiger partial charge in [-0.3, -0.25) is 25.0 Å². The lowest BCUT2D eigenvalue weighted by Crippen LogP contribution is -2.51. The molecule has 2 aromatic rings. The number of imide groups is 2. The second-order valence-electron chi connectivity index (χ2n) is 6.50. The molecule has 0 spiro atoms.